The molecule has 3 rings (SSSR count). The molecule has 2 heterocycles. The van der Waals surface area contributed by atoms with Gasteiger partial charge in [0.2, 0.25) is 0 Å². The topological polar surface area (TPSA) is 35.7 Å². The Morgan fingerprint density at radius 1 is 1.05 bits per heavy atom. The van der Waals surface area contributed by atoms with E-state index in [0.29, 0.717) is 0 Å². The molecule has 2 saturated heterocycles. The van der Waals surface area contributed by atoms with Gasteiger partial charge in [0.15, 0.2) is 0 Å². The molecular formula is C17H28N4. The number of piperazine rings is 1. The number of hydrogen-bond acceptors (Lipinski definition) is 4. The number of para-hydroxylation sites is 1. The number of nitrogens with two attached hydrogens (primary N) is 1. The second kappa shape index (κ2) is 6.34. The van der Waals surface area contributed by atoms with Crippen molar-refractivity contribution in [2.24, 2.45) is 5.73 Å². The van der Waals surface area contributed by atoms with E-state index in [9.17, 15) is 0 Å². The minimum Gasteiger partial charge on any atom is -0.369 e. The van der Waals surface area contributed by atoms with Crippen molar-refractivity contribution in [3.05, 3.63) is 30.3 Å². The van der Waals surface area contributed by atoms with Crippen LogP contribution in [0.2, 0.25) is 0 Å². The number of rotatable bonds is 3. The van der Waals surface area contributed by atoms with E-state index in [-0.39, 0.29) is 5.54 Å². The van der Waals surface area contributed by atoms with Crippen LogP contribution in [0.3, 0.4) is 0 Å². The van der Waals surface area contributed by atoms with Crippen LogP contribution in [-0.2, 0) is 0 Å². The van der Waals surface area contributed by atoms with E-state index in [2.05, 4.69) is 52.1 Å². The Kier molecular flexibility index (Phi) is 4.48. The lowest BCUT2D eigenvalue weighted by molar-refractivity contribution is 0.0220. The van der Waals surface area contributed by atoms with Crippen molar-refractivity contribution >= 4 is 5.69 Å². The fraction of sp³-hybridized carbons (Fsp3) is 0.647. The normalized spacial score (nSPS) is 28.8. The Balaban J connectivity index is 1.64. The summed E-state index contributed by atoms with van der Waals surface area (Å²) in [5, 5.41) is 0. The summed E-state index contributed by atoms with van der Waals surface area (Å²) in [6.45, 7) is 7.58. The molecule has 21 heavy (non-hydrogen) atoms. The minimum absolute atomic E-state index is 0.204. The van der Waals surface area contributed by atoms with Gasteiger partial charge in [0.25, 0.3) is 0 Å². The summed E-state index contributed by atoms with van der Waals surface area (Å²) in [6.07, 6.45) is 2.52. The van der Waals surface area contributed by atoms with Crippen LogP contribution in [-0.4, -0.2) is 68.2 Å². The summed E-state index contributed by atoms with van der Waals surface area (Å²) in [7, 11) is 2.23. The van der Waals surface area contributed by atoms with E-state index in [1.54, 1.807) is 0 Å². The average Bonchev–Trinajstić information content (AvgIpc) is 2.56. The zero-order valence-electron chi connectivity index (χ0n) is 13.2. The van der Waals surface area contributed by atoms with Gasteiger partial charge in [0, 0.05) is 50.5 Å². The van der Waals surface area contributed by atoms with Crippen LogP contribution < -0.4 is 10.6 Å². The van der Waals surface area contributed by atoms with Gasteiger partial charge in [0.05, 0.1) is 0 Å². The molecule has 1 unspecified atom stereocenters. The molecule has 2 fully saturated rings. The van der Waals surface area contributed by atoms with Gasteiger partial charge in [-0.3, -0.25) is 4.90 Å². The first-order valence-electron chi connectivity index (χ1n) is 8.17. The van der Waals surface area contributed by atoms with Crippen LogP contribution in [0.4, 0.5) is 5.69 Å². The molecule has 4 heteroatoms. The molecule has 0 amide bonds. The second-order valence-corrected chi connectivity index (χ2v) is 6.58. The Morgan fingerprint density at radius 2 is 1.76 bits per heavy atom. The van der Waals surface area contributed by atoms with E-state index in [1.165, 1.54) is 25.1 Å². The summed E-state index contributed by atoms with van der Waals surface area (Å²) in [5.74, 6) is 0. The van der Waals surface area contributed by atoms with Gasteiger partial charge < -0.3 is 15.5 Å². The van der Waals surface area contributed by atoms with E-state index in [0.717, 1.165) is 39.3 Å². The maximum atomic E-state index is 6.20. The summed E-state index contributed by atoms with van der Waals surface area (Å²) < 4.78 is 0. The Morgan fingerprint density at radius 3 is 2.38 bits per heavy atom. The number of piperidine rings is 1. The first kappa shape index (κ1) is 14.8. The maximum absolute atomic E-state index is 6.20. The second-order valence-electron chi connectivity index (χ2n) is 6.58. The lowest BCUT2D eigenvalue weighted by Crippen LogP contribution is -2.65. The van der Waals surface area contributed by atoms with Crippen LogP contribution in [0.15, 0.2) is 30.3 Å². The summed E-state index contributed by atoms with van der Waals surface area (Å²) in [6, 6.07) is 10.8. The van der Waals surface area contributed by atoms with Gasteiger partial charge in [-0.15, -0.1) is 0 Å². The molecule has 0 saturated carbocycles. The maximum Gasteiger partial charge on any atom is 0.0460 e. The van der Waals surface area contributed by atoms with Crippen LogP contribution in [0.5, 0.6) is 0 Å². The van der Waals surface area contributed by atoms with Crippen molar-refractivity contribution in [3.8, 4) is 0 Å². The third-order valence-corrected chi connectivity index (χ3v) is 5.20. The zero-order chi connectivity index (χ0) is 14.7. The molecule has 2 N–H and O–H groups in total. The quantitative estimate of drug-likeness (QED) is 0.907. The highest BCUT2D eigenvalue weighted by atomic mass is 15.3. The van der Waals surface area contributed by atoms with Gasteiger partial charge >= 0.3 is 0 Å². The molecule has 0 spiro atoms. The molecular weight excluding hydrogens is 260 g/mol. The molecule has 0 bridgehead atoms. The van der Waals surface area contributed by atoms with Crippen molar-refractivity contribution < 1.29 is 0 Å². The number of likely N-dealkylation sites (N-methyl/N-ethyl adjacent to an activating group) is 1. The molecule has 0 aliphatic carbocycles. The largest absolute Gasteiger partial charge is 0.369 e. The van der Waals surface area contributed by atoms with Crippen LogP contribution in [0.25, 0.3) is 0 Å². The van der Waals surface area contributed by atoms with Crippen molar-refractivity contribution in [1.29, 1.82) is 0 Å². The number of nitrogens with zero attached hydrogens (tertiary/aromatic N) is 3. The first-order valence-corrected chi connectivity index (χ1v) is 8.17. The summed E-state index contributed by atoms with van der Waals surface area (Å²) >= 11 is 0. The lowest BCUT2D eigenvalue weighted by atomic mass is 9.86. The molecule has 4 nitrogen and oxygen atoms in total. The smallest absolute Gasteiger partial charge is 0.0460 e. The van der Waals surface area contributed by atoms with Crippen molar-refractivity contribution in [2.75, 3.05) is 57.8 Å². The number of anilines is 1. The Bertz CT molecular complexity index is 441. The number of benzene rings is 1. The van der Waals surface area contributed by atoms with E-state index in [4.69, 9.17) is 5.73 Å². The van der Waals surface area contributed by atoms with Gasteiger partial charge in [-0.2, -0.15) is 0 Å². The van der Waals surface area contributed by atoms with Gasteiger partial charge in [0.1, 0.15) is 0 Å². The molecule has 116 valence electrons. The fourth-order valence-corrected chi connectivity index (χ4v) is 3.97. The van der Waals surface area contributed by atoms with Crippen LogP contribution >= 0.6 is 0 Å². The molecule has 1 aromatic rings. The highest BCUT2D eigenvalue weighted by Crippen LogP contribution is 2.28. The van der Waals surface area contributed by atoms with E-state index >= 15 is 0 Å². The number of likely N-dealkylation sites (tertiary alicyclic amines) is 1. The summed E-state index contributed by atoms with van der Waals surface area (Å²) in [5.41, 5.74) is 7.75. The van der Waals surface area contributed by atoms with Crippen molar-refractivity contribution in [1.82, 2.24) is 9.80 Å². The van der Waals surface area contributed by atoms with Crippen LogP contribution in [0, 0.1) is 0 Å². The minimum atomic E-state index is 0.204. The fourth-order valence-electron chi connectivity index (χ4n) is 3.97. The van der Waals surface area contributed by atoms with E-state index in [1.807, 2.05) is 0 Å². The highest BCUT2D eigenvalue weighted by molar-refractivity contribution is 5.46. The third kappa shape index (κ3) is 3.07. The van der Waals surface area contributed by atoms with Crippen molar-refractivity contribution in [3.63, 3.8) is 0 Å². The van der Waals surface area contributed by atoms with E-state index < -0.39 is 0 Å². The average molecular weight is 288 g/mol. The van der Waals surface area contributed by atoms with Crippen LogP contribution in [0.1, 0.15) is 12.8 Å². The molecule has 1 aromatic carbocycles. The molecule has 0 aromatic heterocycles. The Labute approximate surface area is 128 Å². The third-order valence-electron chi connectivity index (χ3n) is 5.20. The molecule has 1 atom stereocenters. The van der Waals surface area contributed by atoms with Gasteiger partial charge in [-0.05, 0) is 38.6 Å². The standard InChI is InChI=1S/C17H28N4/c1-19-9-5-8-17(14-18,15-19)21-12-10-20(11-13-21)16-6-3-2-4-7-16/h2-4,6-7H,5,8-15,18H2,1H3. The molecule has 2 aliphatic heterocycles. The highest BCUT2D eigenvalue weighted by Gasteiger charge is 2.39. The first-order chi connectivity index (χ1) is 10.2. The monoisotopic (exact) mass is 288 g/mol. The van der Waals surface area contributed by atoms with Crippen molar-refractivity contribution in [2.45, 2.75) is 18.4 Å². The predicted octanol–water partition coefficient (Wildman–Crippen LogP) is 1.23. The lowest BCUT2D eigenvalue weighted by Gasteiger charge is -2.51. The zero-order valence-corrected chi connectivity index (χ0v) is 13.2. The summed E-state index contributed by atoms with van der Waals surface area (Å²) in [4.78, 5) is 7.59. The Hall–Kier alpha value is -1.10. The molecule has 0 radical (unpaired) electrons. The van der Waals surface area contributed by atoms with Gasteiger partial charge in [-0.25, -0.2) is 0 Å². The molecule has 2 aliphatic rings. The number of hydrogen-bond donors (Lipinski definition) is 1. The SMILES string of the molecule is CN1CCCC(CN)(N2CCN(c3ccccc3)CC2)C1. The predicted molar refractivity (Wildman–Crippen MR) is 88.7 cm³/mol. The van der Waals surface area contributed by atoms with Gasteiger partial charge in [-0.1, -0.05) is 18.2 Å².